The van der Waals surface area contributed by atoms with Gasteiger partial charge >= 0.3 is 0 Å². The van der Waals surface area contributed by atoms with Crippen molar-refractivity contribution >= 4 is 12.1 Å². The van der Waals surface area contributed by atoms with Crippen molar-refractivity contribution in [3.8, 4) is 5.75 Å². The summed E-state index contributed by atoms with van der Waals surface area (Å²) in [5.41, 5.74) is 3.18. The van der Waals surface area contributed by atoms with Crippen LogP contribution in [0.25, 0.3) is 0 Å². The van der Waals surface area contributed by atoms with E-state index in [9.17, 15) is 9.90 Å². The maximum absolute atomic E-state index is 12.7. The molecule has 0 aromatic heterocycles. The molecule has 0 spiro atoms. The van der Waals surface area contributed by atoms with Crippen molar-refractivity contribution in [2.24, 2.45) is 28.3 Å². The molecule has 4 aliphatic carbocycles. The first-order valence-electron chi connectivity index (χ1n) is 8.26. The first-order valence-corrected chi connectivity index (χ1v) is 8.26. The molecule has 0 aliphatic heterocycles. The molecule has 1 aromatic rings. The zero-order valence-corrected chi connectivity index (χ0v) is 12.7. The Hall–Kier alpha value is -1.84. The highest BCUT2D eigenvalue weighted by atomic mass is 16.3. The second kappa shape index (κ2) is 5.11. The maximum Gasteiger partial charge on any atom is 0.246 e. The predicted octanol–water partition coefficient (Wildman–Crippen LogP) is 3.06. The van der Waals surface area contributed by atoms with E-state index in [0.717, 1.165) is 37.0 Å². The van der Waals surface area contributed by atoms with E-state index in [1.807, 2.05) is 6.07 Å². The number of amides is 1. The molecule has 0 radical (unpaired) electrons. The van der Waals surface area contributed by atoms with Crippen molar-refractivity contribution in [1.29, 1.82) is 0 Å². The molecule has 2 N–H and O–H groups in total. The molecule has 4 heteroatoms. The molecule has 4 nitrogen and oxygen atoms in total. The van der Waals surface area contributed by atoms with Crippen LogP contribution in [0.1, 0.15) is 44.1 Å². The molecule has 22 heavy (non-hydrogen) atoms. The first kappa shape index (κ1) is 13.8. The van der Waals surface area contributed by atoms with E-state index in [2.05, 4.69) is 10.5 Å². The van der Waals surface area contributed by atoms with Crippen LogP contribution in [0.2, 0.25) is 0 Å². The van der Waals surface area contributed by atoms with Crippen LogP contribution in [-0.2, 0) is 4.79 Å². The zero-order valence-electron chi connectivity index (χ0n) is 12.7. The number of phenols is 1. The number of nitrogens with zero attached hydrogens (tertiary/aromatic N) is 1. The number of hydrazone groups is 1. The van der Waals surface area contributed by atoms with E-state index < -0.39 is 0 Å². The van der Waals surface area contributed by atoms with E-state index in [4.69, 9.17) is 0 Å². The molecule has 116 valence electrons. The Morgan fingerprint density at radius 3 is 2.32 bits per heavy atom. The monoisotopic (exact) mass is 298 g/mol. The highest BCUT2D eigenvalue weighted by Crippen LogP contribution is 2.60. The Balaban J connectivity index is 1.45. The third kappa shape index (κ3) is 2.31. The van der Waals surface area contributed by atoms with Crippen LogP contribution >= 0.6 is 0 Å². The second-order valence-electron chi connectivity index (χ2n) is 7.46. The summed E-state index contributed by atoms with van der Waals surface area (Å²) in [6.07, 6.45) is 8.62. The molecule has 1 amide bonds. The number of phenolic OH excluding ortho intramolecular Hbond substituents is 1. The molecule has 4 saturated carbocycles. The van der Waals surface area contributed by atoms with Crippen molar-refractivity contribution in [2.75, 3.05) is 0 Å². The smallest absolute Gasteiger partial charge is 0.246 e. The summed E-state index contributed by atoms with van der Waals surface area (Å²) < 4.78 is 0. The van der Waals surface area contributed by atoms with E-state index in [1.54, 1.807) is 18.2 Å². The van der Waals surface area contributed by atoms with Gasteiger partial charge < -0.3 is 5.11 Å². The summed E-state index contributed by atoms with van der Waals surface area (Å²) in [5.74, 6) is 2.51. The third-order valence-corrected chi connectivity index (χ3v) is 5.83. The van der Waals surface area contributed by atoms with E-state index in [-0.39, 0.29) is 17.1 Å². The van der Waals surface area contributed by atoms with Gasteiger partial charge in [-0.2, -0.15) is 5.10 Å². The number of nitrogens with one attached hydrogen (secondary N) is 1. The molecule has 5 rings (SSSR count). The lowest BCUT2D eigenvalue weighted by atomic mass is 9.49. The van der Waals surface area contributed by atoms with Crippen molar-refractivity contribution < 1.29 is 9.90 Å². The summed E-state index contributed by atoms with van der Waals surface area (Å²) >= 11 is 0. The standard InChI is InChI=1S/C18H22N2O2/c21-16-4-2-1-3-15(16)11-19-20-17(22)18-8-12-5-13(9-18)7-14(6-12)10-18/h1-4,11-14,21H,5-10H2,(H,20,22)/b19-11+. The van der Waals surface area contributed by atoms with Gasteiger partial charge in [-0.05, 0) is 68.4 Å². The fraction of sp³-hybridized carbons (Fsp3) is 0.556. The Morgan fingerprint density at radius 2 is 1.73 bits per heavy atom. The molecule has 0 saturated heterocycles. The average Bonchev–Trinajstić information content (AvgIpc) is 2.47. The van der Waals surface area contributed by atoms with E-state index >= 15 is 0 Å². The molecular formula is C18H22N2O2. The fourth-order valence-corrected chi connectivity index (χ4v) is 5.26. The van der Waals surface area contributed by atoms with Crippen molar-refractivity contribution in [1.82, 2.24) is 5.43 Å². The van der Waals surface area contributed by atoms with Gasteiger partial charge in [0.1, 0.15) is 5.75 Å². The van der Waals surface area contributed by atoms with Crippen LogP contribution in [0.5, 0.6) is 5.75 Å². The Kier molecular flexibility index (Phi) is 3.21. The highest BCUT2D eigenvalue weighted by molar-refractivity contribution is 5.87. The van der Waals surface area contributed by atoms with Crippen LogP contribution in [0.4, 0.5) is 0 Å². The van der Waals surface area contributed by atoms with Gasteiger partial charge in [0.25, 0.3) is 0 Å². The molecule has 4 bridgehead atoms. The maximum atomic E-state index is 12.7. The molecule has 0 unspecified atom stereocenters. The van der Waals surface area contributed by atoms with Crippen LogP contribution in [0, 0.1) is 23.2 Å². The van der Waals surface area contributed by atoms with Gasteiger partial charge in [0, 0.05) is 5.56 Å². The largest absolute Gasteiger partial charge is 0.507 e. The molecule has 1 aromatic carbocycles. The van der Waals surface area contributed by atoms with Crippen LogP contribution in [-0.4, -0.2) is 17.2 Å². The van der Waals surface area contributed by atoms with Crippen molar-refractivity contribution in [3.05, 3.63) is 29.8 Å². The van der Waals surface area contributed by atoms with Crippen molar-refractivity contribution in [2.45, 2.75) is 38.5 Å². The molecular weight excluding hydrogens is 276 g/mol. The Bertz CT molecular complexity index is 588. The second-order valence-corrected chi connectivity index (χ2v) is 7.46. The third-order valence-electron chi connectivity index (χ3n) is 5.83. The van der Waals surface area contributed by atoms with Gasteiger partial charge in [-0.1, -0.05) is 12.1 Å². The highest BCUT2D eigenvalue weighted by Gasteiger charge is 2.54. The first-order chi connectivity index (χ1) is 10.6. The van der Waals surface area contributed by atoms with Crippen LogP contribution in [0.15, 0.2) is 29.4 Å². The number of aromatic hydroxyl groups is 1. The molecule has 4 aliphatic rings. The number of hydrogen-bond acceptors (Lipinski definition) is 3. The normalized spacial score (nSPS) is 35.9. The summed E-state index contributed by atoms with van der Waals surface area (Å²) in [4.78, 5) is 12.7. The number of hydrogen-bond donors (Lipinski definition) is 2. The van der Waals surface area contributed by atoms with Gasteiger partial charge in [0.05, 0.1) is 11.6 Å². The zero-order chi connectivity index (χ0) is 15.2. The molecule has 4 fully saturated rings. The minimum absolute atomic E-state index is 0.0817. The average molecular weight is 298 g/mol. The van der Waals surface area contributed by atoms with Gasteiger partial charge in [-0.25, -0.2) is 5.43 Å². The van der Waals surface area contributed by atoms with Gasteiger partial charge in [0.2, 0.25) is 5.91 Å². The summed E-state index contributed by atoms with van der Waals surface area (Å²) in [6.45, 7) is 0. The van der Waals surface area contributed by atoms with Crippen LogP contribution < -0.4 is 5.43 Å². The summed E-state index contributed by atoms with van der Waals surface area (Å²) in [5, 5.41) is 13.8. The van der Waals surface area contributed by atoms with E-state index in [0.29, 0.717) is 5.56 Å². The number of carbonyl (C=O) groups excluding carboxylic acids is 1. The van der Waals surface area contributed by atoms with E-state index in [1.165, 1.54) is 25.5 Å². The predicted molar refractivity (Wildman–Crippen MR) is 84.4 cm³/mol. The molecule has 0 atom stereocenters. The quantitative estimate of drug-likeness (QED) is 0.665. The summed E-state index contributed by atoms with van der Waals surface area (Å²) in [6, 6.07) is 6.99. The lowest BCUT2D eigenvalue weighted by Crippen LogP contribution is -2.52. The molecule has 0 heterocycles. The Labute approximate surface area is 130 Å². The van der Waals surface area contributed by atoms with Gasteiger partial charge in [0.15, 0.2) is 0 Å². The summed E-state index contributed by atoms with van der Waals surface area (Å²) in [7, 11) is 0. The minimum atomic E-state index is -0.176. The SMILES string of the molecule is O=C(N/N=C/c1ccccc1O)C12CC3CC(CC(C3)C1)C2. The number of rotatable bonds is 3. The topological polar surface area (TPSA) is 61.7 Å². The number of carbonyl (C=O) groups is 1. The van der Waals surface area contributed by atoms with Crippen LogP contribution in [0.3, 0.4) is 0 Å². The number of para-hydroxylation sites is 1. The Morgan fingerprint density at radius 1 is 1.14 bits per heavy atom. The fourth-order valence-electron chi connectivity index (χ4n) is 5.26. The van der Waals surface area contributed by atoms with Gasteiger partial charge in [-0.3, -0.25) is 4.79 Å². The lowest BCUT2D eigenvalue weighted by molar-refractivity contribution is -0.146. The minimum Gasteiger partial charge on any atom is -0.507 e. The van der Waals surface area contributed by atoms with Crippen molar-refractivity contribution in [3.63, 3.8) is 0 Å². The number of benzene rings is 1. The van der Waals surface area contributed by atoms with Gasteiger partial charge in [-0.15, -0.1) is 0 Å². The lowest BCUT2D eigenvalue weighted by Gasteiger charge is -2.55.